The molecule has 0 fully saturated rings. The molecule has 2 N–H and O–H groups in total. The number of rotatable bonds is 9. The first-order chi connectivity index (χ1) is 9.49. The van der Waals surface area contributed by atoms with E-state index in [1.807, 2.05) is 30.3 Å². The van der Waals surface area contributed by atoms with Crippen molar-refractivity contribution >= 4 is 5.97 Å². The van der Waals surface area contributed by atoms with Crippen molar-refractivity contribution in [2.45, 2.75) is 19.6 Å². The summed E-state index contributed by atoms with van der Waals surface area (Å²) in [7, 11) is 1.79. The first-order valence-corrected chi connectivity index (χ1v) is 6.70. The van der Waals surface area contributed by atoms with Gasteiger partial charge in [-0.05, 0) is 12.6 Å². The zero-order valence-electron chi connectivity index (χ0n) is 12.0. The summed E-state index contributed by atoms with van der Waals surface area (Å²) >= 11 is 0. The molecule has 1 aromatic rings. The number of likely N-dealkylation sites (N-methyl/N-ethyl adjacent to an activating group) is 1. The molecule has 0 aromatic heterocycles. The van der Waals surface area contributed by atoms with Gasteiger partial charge in [0.25, 0.3) is 0 Å². The molecule has 20 heavy (non-hydrogen) atoms. The molecule has 112 valence electrons. The first kappa shape index (κ1) is 16.6. The lowest BCUT2D eigenvalue weighted by molar-refractivity contribution is -0.141. The maximum absolute atomic E-state index is 10.7. The summed E-state index contributed by atoms with van der Waals surface area (Å²) in [5, 5.41) is 18.7. The van der Waals surface area contributed by atoms with Crippen LogP contribution in [-0.4, -0.2) is 53.9 Å². The van der Waals surface area contributed by atoms with Gasteiger partial charge in [0.05, 0.1) is 25.2 Å². The van der Waals surface area contributed by atoms with E-state index < -0.39 is 18.0 Å². The highest BCUT2D eigenvalue weighted by molar-refractivity contribution is 5.69. The Morgan fingerprint density at radius 3 is 2.55 bits per heavy atom. The zero-order chi connectivity index (χ0) is 15.0. The fourth-order valence-corrected chi connectivity index (χ4v) is 1.92. The molecular weight excluding hydrogens is 258 g/mol. The number of carboxylic acid groups (broad SMARTS) is 1. The predicted molar refractivity (Wildman–Crippen MR) is 76.4 cm³/mol. The second kappa shape index (κ2) is 8.68. The van der Waals surface area contributed by atoms with Crippen LogP contribution in [0.3, 0.4) is 0 Å². The first-order valence-electron chi connectivity index (χ1n) is 6.70. The van der Waals surface area contributed by atoms with Crippen molar-refractivity contribution in [1.82, 2.24) is 4.90 Å². The third-order valence-electron chi connectivity index (χ3n) is 2.95. The van der Waals surface area contributed by atoms with E-state index in [0.29, 0.717) is 19.7 Å². The highest BCUT2D eigenvalue weighted by Gasteiger charge is 2.15. The molecule has 0 aliphatic heterocycles. The average molecular weight is 281 g/mol. The normalized spacial score (nSPS) is 14.2. The Morgan fingerprint density at radius 2 is 1.95 bits per heavy atom. The molecular formula is C15H23NO4. The van der Waals surface area contributed by atoms with Gasteiger partial charge in [-0.1, -0.05) is 37.3 Å². The summed E-state index contributed by atoms with van der Waals surface area (Å²) in [6.07, 6.45) is -0.621. The van der Waals surface area contributed by atoms with Gasteiger partial charge in [-0.2, -0.15) is 0 Å². The Kier molecular flexibility index (Phi) is 7.22. The Hall–Kier alpha value is -1.43. The Bertz CT molecular complexity index is 396. The van der Waals surface area contributed by atoms with Crippen LogP contribution in [0, 0.1) is 5.92 Å². The number of aliphatic hydroxyl groups is 1. The Balaban J connectivity index is 2.19. The summed E-state index contributed by atoms with van der Waals surface area (Å²) in [6.45, 7) is 3.16. The highest BCUT2D eigenvalue weighted by atomic mass is 16.5. The molecule has 0 aliphatic carbocycles. The molecule has 0 amide bonds. The lowest BCUT2D eigenvalue weighted by atomic mass is 10.1. The van der Waals surface area contributed by atoms with Crippen LogP contribution in [0.2, 0.25) is 0 Å². The van der Waals surface area contributed by atoms with Crippen LogP contribution >= 0.6 is 0 Å². The van der Waals surface area contributed by atoms with Gasteiger partial charge in [-0.15, -0.1) is 0 Å². The molecule has 0 saturated heterocycles. The van der Waals surface area contributed by atoms with Crippen molar-refractivity contribution in [3.8, 4) is 0 Å². The molecule has 5 nitrogen and oxygen atoms in total. The third-order valence-corrected chi connectivity index (χ3v) is 2.95. The van der Waals surface area contributed by atoms with E-state index in [-0.39, 0.29) is 6.61 Å². The average Bonchev–Trinajstić information content (AvgIpc) is 2.39. The molecule has 1 rings (SSSR count). The number of nitrogens with zero attached hydrogens (tertiary/aromatic N) is 1. The van der Waals surface area contributed by atoms with Gasteiger partial charge >= 0.3 is 5.97 Å². The Morgan fingerprint density at radius 1 is 1.30 bits per heavy atom. The summed E-state index contributed by atoms with van der Waals surface area (Å²) in [6, 6.07) is 9.75. The van der Waals surface area contributed by atoms with Crippen molar-refractivity contribution in [1.29, 1.82) is 0 Å². The second-order valence-corrected chi connectivity index (χ2v) is 5.12. The molecule has 1 aromatic carbocycles. The molecule has 0 spiro atoms. The summed E-state index contributed by atoms with van der Waals surface area (Å²) < 4.78 is 5.44. The van der Waals surface area contributed by atoms with Gasteiger partial charge in [0, 0.05) is 13.1 Å². The maximum atomic E-state index is 10.7. The van der Waals surface area contributed by atoms with E-state index in [9.17, 15) is 9.90 Å². The number of ether oxygens (including phenoxy) is 1. The minimum absolute atomic E-state index is 0.237. The van der Waals surface area contributed by atoms with Crippen molar-refractivity contribution < 1.29 is 19.7 Å². The molecule has 0 aliphatic rings. The molecule has 2 atom stereocenters. The zero-order valence-corrected chi connectivity index (χ0v) is 12.0. The molecule has 0 bridgehead atoms. The van der Waals surface area contributed by atoms with Crippen LogP contribution < -0.4 is 0 Å². The van der Waals surface area contributed by atoms with E-state index >= 15 is 0 Å². The number of hydrogen-bond donors (Lipinski definition) is 2. The molecule has 0 saturated carbocycles. The summed E-state index contributed by atoms with van der Waals surface area (Å²) in [5.41, 5.74) is 1.06. The standard InChI is InChI=1S/C15H23NO4/c1-12(15(18)19)8-16(2)9-14(17)11-20-10-13-6-4-3-5-7-13/h3-7,12,14,17H,8-11H2,1-2H3,(H,18,19). The van der Waals surface area contributed by atoms with Crippen LogP contribution in [0.5, 0.6) is 0 Å². The van der Waals surface area contributed by atoms with E-state index in [4.69, 9.17) is 9.84 Å². The predicted octanol–water partition coefficient (Wildman–Crippen LogP) is 1.22. The maximum Gasteiger partial charge on any atom is 0.307 e. The largest absolute Gasteiger partial charge is 0.481 e. The van der Waals surface area contributed by atoms with Crippen LogP contribution in [0.15, 0.2) is 30.3 Å². The van der Waals surface area contributed by atoms with E-state index in [0.717, 1.165) is 5.56 Å². The smallest absolute Gasteiger partial charge is 0.307 e. The quantitative estimate of drug-likeness (QED) is 0.712. The van der Waals surface area contributed by atoms with Crippen molar-refractivity contribution in [2.75, 3.05) is 26.7 Å². The number of benzene rings is 1. The SMILES string of the molecule is CC(CN(C)CC(O)COCc1ccccc1)C(=O)O. The number of aliphatic carboxylic acids is 1. The Labute approximate surface area is 119 Å². The van der Waals surface area contributed by atoms with E-state index in [2.05, 4.69) is 0 Å². The lowest BCUT2D eigenvalue weighted by Crippen LogP contribution is -2.36. The van der Waals surface area contributed by atoms with Crippen molar-refractivity contribution in [2.24, 2.45) is 5.92 Å². The van der Waals surface area contributed by atoms with Gasteiger partial charge in [-0.3, -0.25) is 4.79 Å². The fraction of sp³-hybridized carbons (Fsp3) is 0.533. The van der Waals surface area contributed by atoms with Gasteiger partial charge in [-0.25, -0.2) is 0 Å². The van der Waals surface area contributed by atoms with Gasteiger partial charge in [0.1, 0.15) is 0 Å². The minimum atomic E-state index is -0.827. The molecule has 2 unspecified atom stereocenters. The molecule has 0 heterocycles. The van der Waals surface area contributed by atoms with Crippen molar-refractivity contribution in [3.05, 3.63) is 35.9 Å². The topological polar surface area (TPSA) is 70.0 Å². The monoisotopic (exact) mass is 281 g/mol. The van der Waals surface area contributed by atoms with E-state index in [1.165, 1.54) is 0 Å². The summed E-state index contributed by atoms with van der Waals surface area (Å²) in [4.78, 5) is 12.5. The second-order valence-electron chi connectivity index (χ2n) is 5.12. The highest BCUT2D eigenvalue weighted by Crippen LogP contribution is 2.03. The number of aliphatic hydroxyl groups excluding tert-OH is 1. The fourth-order valence-electron chi connectivity index (χ4n) is 1.92. The van der Waals surface area contributed by atoms with Crippen LogP contribution in [0.4, 0.5) is 0 Å². The van der Waals surface area contributed by atoms with Gasteiger partial charge in [0.2, 0.25) is 0 Å². The molecule has 0 radical (unpaired) electrons. The number of carboxylic acids is 1. The van der Waals surface area contributed by atoms with Crippen molar-refractivity contribution in [3.63, 3.8) is 0 Å². The lowest BCUT2D eigenvalue weighted by Gasteiger charge is -2.22. The minimum Gasteiger partial charge on any atom is -0.481 e. The number of hydrogen-bond acceptors (Lipinski definition) is 4. The van der Waals surface area contributed by atoms with Crippen LogP contribution in [0.25, 0.3) is 0 Å². The van der Waals surface area contributed by atoms with Crippen LogP contribution in [0.1, 0.15) is 12.5 Å². The molecule has 5 heteroatoms. The van der Waals surface area contributed by atoms with Gasteiger partial charge < -0.3 is 19.8 Å². The summed E-state index contributed by atoms with van der Waals surface area (Å²) in [5.74, 6) is -1.27. The number of carbonyl (C=O) groups is 1. The third kappa shape index (κ3) is 6.65. The van der Waals surface area contributed by atoms with Gasteiger partial charge in [0.15, 0.2) is 0 Å². The van der Waals surface area contributed by atoms with E-state index in [1.54, 1.807) is 18.9 Å². The van der Waals surface area contributed by atoms with Crippen LogP contribution in [-0.2, 0) is 16.1 Å².